The zero-order valence-electron chi connectivity index (χ0n) is 13.2. The van der Waals surface area contributed by atoms with Crippen LogP contribution in [-0.4, -0.2) is 13.4 Å². The van der Waals surface area contributed by atoms with Crippen LogP contribution in [0.2, 0.25) is 0 Å². The van der Waals surface area contributed by atoms with Crippen LogP contribution in [0.1, 0.15) is 11.1 Å². The minimum Gasteiger partial charge on any atom is -0.322 e. The summed E-state index contributed by atoms with van der Waals surface area (Å²) in [5, 5.41) is -0.389. The van der Waals surface area contributed by atoms with E-state index in [1.807, 2.05) is 0 Å². The quantitative estimate of drug-likeness (QED) is 0.728. The molecule has 0 atom stereocenters. The predicted molar refractivity (Wildman–Crippen MR) is 90.0 cm³/mol. The highest BCUT2D eigenvalue weighted by molar-refractivity contribution is 7.89. The number of pyridine rings is 1. The first-order valence-corrected chi connectivity index (χ1v) is 8.93. The maximum atomic E-state index is 13.2. The summed E-state index contributed by atoms with van der Waals surface area (Å²) < 4.78 is 66.7. The minimum atomic E-state index is -4.79. The molecule has 1 heterocycles. The number of nitrogens with one attached hydrogen (secondary N) is 2. The zero-order chi connectivity index (χ0) is 18.9. The smallest absolute Gasteiger partial charge is 0.322 e. The van der Waals surface area contributed by atoms with Crippen LogP contribution in [-0.2, 0) is 22.7 Å². The van der Waals surface area contributed by atoms with Crippen LogP contribution in [0.5, 0.6) is 0 Å². The fourth-order valence-electron chi connectivity index (χ4n) is 2.49. The van der Waals surface area contributed by atoms with Crippen LogP contribution in [0.25, 0.3) is 10.9 Å². The molecule has 2 N–H and O–H groups in total. The number of alkyl halides is 3. The van der Waals surface area contributed by atoms with Gasteiger partial charge in [-0.25, -0.2) is 13.1 Å². The Morgan fingerprint density at radius 3 is 2.35 bits per heavy atom. The summed E-state index contributed by atoms with van der Waals surface area (Å²) in [5.41, 5.74) is -1.48. The molecule has 2 aromatic carbocycles. The Kier molecular flexibility index (Phi) is 4.59. The van der Waals surface area contributed by atoms with Gasteiger partial charge < -0.3 is 4.98 Å². The molecular weight excluding hydrogens is 369 g/mol. The van der Waals surface area contributed by atoms with E-state index in [2.05, 4.69) is 9.71 Å². The third-order valence-electron chi connectivity index (χ3n) is 3.74. The third-order valence-corrected chi connectivity index (χ3v) is 5.14. The monoisotopic (exact) mass is 382 g/mol. The molecule has 136 valence electrons. The number of hydrogen-bond donors (Lipinski definition) is 2. The topological polar surface area (TPSA) is 79.0 Å². The van der Waals surface area contributed by atoms with Gasteiger partial charge in [-0.2, -0.15) is 13.2 Å². The first kappa shape index (κ1) is 18.2. The Morgan fingerprint density at radius 2 is 1.69 bits per heavy atom. The summed E-state index contributed by atoms with van der Waals surface area (Å²) in [6.45, 7) is -0.00103. The second-order valence-corrected chi connectivity index (χ2v) is 7.33. The van der Waals surface area contributed by atoms with Gasteiger partial charge in [0, 0.05) is 23.5 Å². The Labute approximate surface area is 146 Å². The second kappa shape index (κ2) is 6.58. The van der Waals surface area contributed by atoms with Gasteiger partial charge >= 0.3 is 6.18 Å². The fraction of sp³-hybridized carbons (Fsp3) is 0.118. The van der Waals surface area contributed by atoms with Crippen molar-refractivity contribution >= 4 is 20.9 Å². The minimum absolute atomic E-state index is 0.00103. The molecule has 3 rings (SSSR count). The lowest BCUT2D eigenvalue weighted by atomic mass is 10.1. The normalized spacial score (nSPS) is 12.4. The van der Waals surface area contributed by atoms with Crippen LogP contribution in [0.4, 0.5) is 13.2 Å². The van der Waals surface area contributed by atoms with Crippen molar-refractivity contribution in [1.82, 2.24) is 9.71 Å². The molecule has 9 heteroatoms. The predicted octanol–water partition coefficient (Wildman–Crippen LogP) is 3.03. The van der Waals surface area contributed by atoms with E-state index in [1.54, 1.807) is 30.3 Å². The number of H-pyrrole nitrogens is 1. The Bertz CT molecular complexity index is 1110. The molecule has 5 nitrogen and oxygen atoms in total. The van der Waals surface area contributed by atoms with Gasteiger partial charge in [0.1, 0.15) is 0 Å². The van der Waals surface area contributed by atoms with Gasteiger partial charge in [-0.15, -0.1) is 0 Å². The Balaban J connectivity index is 2.02. The highest BCUT2D eigenvalue weighted by Crippen LogP contribution is 2.34. The first-order valence-electron chi connectivity index (χ1n) is 7.45. The maximum absolute atomic E-state index is 13.2. The van der Waals surface area contributed by atoms with E-state index in [0.29, 0.717) is 11.6 Å². The number of benzene rings is 2. The zero-order valence-corrected chi connectivity index (χ0v) is 14.0. The Hall–Kier alpha value is -2.65. The van der Waals surface area contributed by atoms with Gasteiger partial charge in [0.25, 0.3) is 0 Å². The third kappa shape index (κ3) is 3.78. The maximum Gasteiger partial charge on any atom is 0.417 e. The van der Waals surface area contributed by atoms with Gasteiger partial charge in [-0.3, -0.25) is 4.79 Å². The molecule has 0 amide bonds. The molecule has 0 saturated carbocycles. The lowest BCUT2D eigenvalue weighted by Gasteiger charge is -2.12. The van der Waals surface area contributed by atoms with E-state index in [4.69, 9.17) is 0 Å². The molecule has 0 unspecified atom stereocenters. The standard InChI is InChI=1S/C17H13F3N2O3S/c18-17(19,20)14-9-16(23)22-15-7-6-12(8-13(14)15)26(24,25)21-10-11-4-2-1-3-5-11/h1-9,21H,10H2,(H,22,23). The lowest BCUT2D eigenvalue weighted by molar-refractivity contribution is -0.136. The second-order valence-electron chi connectivity index (χ2n) is 5.56. The average molecular weight is 382 g/mol. The van der Waals surface area contributed by atoms with E-state index >= 15 is 0 Å². The van der Waals surface area contributed by atoms with Crippen molar-refractivity contribution < 1.29 is 21.6 Å². The molecule has 1 aromatic heterocycles. The van der Waals surface area contributed by atoms with Gasteiger partial charge in [-0.05, 0) is 23.8 Å². The Morgan fingerprint density at radius 1 is 1.00 bits per heavy atom. The van der Waals surface area contributed by atoms with Crippen molar-refractivity contribution in [2.24, 2.45) is 0 Å². The molecule has 26 heavy (non-hydrogen) atoms. The van der Waals surface area contributed by atoms with E-state index in [-0.39, 0.29) is 22.3 Å². The molecule has 0 aliphatic rings. The first-order chi connectivity index (χ1) is 12.2. The summed E-state index contributed by atoms with van der Waals surface area (Å²) in [7, 11) is -4.03. The number of aromatic amines is 1. The summed E-state index contributed by atoms with van der Waals surface area (Å²) in [5.74, 6) is 0. The fourth-order valence-corrected chi connectivity index (χ4v) is 3.54. The van der Waals surface area contributed by atoms with Crippen molar-refractivity contribution in [1.29, 1.82) is 0 Å². The van der Waals surface area contributed by atoms with Crippen LogP contribution in [0.15, 0.2) is 64.3 Å². The SMILES string of the molecule is O=c1cc(C(F)(F)F)c2cc(S(=O)(=O)NCc3ccccc3)ccc2[nH]1. The number of aromatic nitrogens is 1. The van der Waals surface area contributed by atoms with Crippen LogP contribution in [0, 0.1) is 0 Å². The average Bonchev–Trinajstić information content (AvgIpc) is 2.59. The number of rotatable bonds is 4. The van der Waals surface area contributed by atoms with Gasteiger partial charge in [0.2, 0.25) is 15.6 Å². The van der Waals surface area contributed by atoms with Gasteiger partial charge in [0.15, 0.2) is 0 Å². The van der Waals surface area contributed by atoms with Crippen molar-refractivity contribution in [2.75, 3.05) is 0 Å². The number of hydrogen-bond acceptors (Lipinski definition) is 3. The molecule has 0 radical (unpaired) electrons. The van der Waals surface area contributed by atoms with Crippen molar-refractivity contribution in [2.45, 2.75) is 17.6 Å². The van der Waals surface area contributed by atoms with Gasteiger partial charge in [0.05, 0.1) is 10.5 Å². The molecule has 0 bridgehead atoms. The van der Waals surface area contributed by atoms with Crippen molar-refractivity contribution in [3.05, 3.63) is 76.1 Å². The summed E-state index contributed by atoms with van der Waals surface area (Å²) in [6.07, 6.45) is -4.79. The number of sulfonamides is 1. The molecule has 0 saturated heterocycles. The largest absolute Gasteiger partial charge is 0.417 e. The van der Waals surface area contributed by atoms with Gasteiger partial charge in [-0.1, -0.05) is 30.3 Å². The van der Waals surface area contributed by atoms with E-state index < -0.39 is 27.3 Å². The van der Waals surface area contributed by atoms with E-state index in [9.17, 15) is 26.4 Å². The summed E-state index contributed by atoms with van der Waals surface area (Å²) in [4.78, 5) is 13.4. The molecule has 0 aliphatic heterocycles. The van der Waals surface area contributed by atoms with E-state index in [0.717, 1.165) is 18.2 Å². The summed E-state index contributed by atoms with van der Waals surface area (Å²) in [6, 6.07) is 12.3. The summed E-state index contributed by atoms with van der Waals surface area (Å²) >= 11 is 0. The van der Waals surface area contributed by atoms with Crippen molar-refractivity contribution in [3.63, 3.8) is 0 Å². The van der Waals surface area contributed by atoms with Crippen LogP contribution >= 0.6 is 0 Å². The number of halogens is 3. The van der Waals surface area contributed by atoms with Crippen LogP contribution in [0.3, 0.4) is 0 Å². The molecule has 3 aromatic rings. The lowest BCUT2D eigenvalue weighted by Crippen LogP contribution is -2.23. The highest BCUT2D eigenvalue weighted by Gasteiger charge is 2.33. The highest BCUT2D eigenvalue weighted by atomic mass is 32.2. The van der Waals surface area contributed by atoms with E-state index in [1.165, 1.54) is 0 Å². The van der Waals surface area contributed by atoms with Crippen molar-refractivity contribution in [3.8, 4) is 0 Å². The molecular formula is C17H13F3N2O3S. The van der Waals surface area contributed by atoms with Crippen LogP contribution < -0.4 is 10.3 Å². The molecule has 0 aliphatic carbocycles. The molecule has 0 fully saturated rings. The number of fused-ring (bicyclic) bond motifs is 1. The molecule has 0 spiro atoms.